The van der Waals surface area contributed by atoms with Crippen LogP contribution in [0, 0.1) is 0 Å². The number of esters is 2. The number of carbonyl (C=O) groups is 4. The van der Waals surface area contributed by atoms with Crippen molar-refractivity contribution in [2.75, 3.05) is 72.7 Å². The zero-order chi connectivity index (χ0) is 25.0. The number of carboxylic acids is 1. The summed E-state index contributed by atoms with van der Waals surface area (Å²) >= 11 is 0. The molecule has 0 rings (SSSR count). The molecule has 0 aliphatic heterocycles. The monoisotopic (exact) mass is 480 g/mol. The normalized spacial score (nSPS) is 11.2. The van der Waals surface area contributed by atoms with Crippen LogP contribution < -0.4 is 0 Å². The maximum atomic E-state index is 11.4. The zero-order valence-corrected chi connectivity index (χ0v) is 19.6. The summed E-state index contributed by atoms with van der Waals surface area (Å²) in [6, 6.07) is 0. The Morgan fingerprint density at radius 2 is 1.03 bits per heavy atom. The molecule has 0 aromatic heterocycles. The molecule has 0 unspecified atom stereocenters. The first kappa shape index (κ1) is 30.9. The molecular formula is C21H36O12. The quantitative estimate of drug-likeness (QED) is 0.137. The highest BCUT2D eigenvalue weighted by atomic mass is 16.6. The van der Waals surface area contributed by atoms with E-state index in [0.29, 0.717) is 46.2 Å². The lowest BCUT2D eigenvalue weighted by Gasteiger charge is -2.19. The van der Waals surface area contributed by atoms with Crippen molar-refractivity contribution >= 4 is 23.7 Å². The van der Waals surface area contributed by atoms with E-state index in [4.69, 9.17) is 38.3 Å². The third-order valence-corrected chi connectivity index (χ3v) is 3.41. The molecular weight excluding hydrogens is 444 g/mol. The Kier molecular flexibility index (Phi) is 18.1. The van der Waals surface area contributed by atoms with E-state index < -0.39 is 29.3 Å². The number of carboxylic acid groups (broad SMARTS) is 1. The fourth-order valence-electron chi connectivity index (χ4n) is 2.02. The molecule has 0 fully saturated rings. The Bertz CT molecular complexity index is 570. The maximum Gasteiger partial charge on any atom is 0.372 e. The van der Waals surface area contributed by atoms with Gasteiger partial charge in [-0.15, -0.1) is 0 Å². The lowest BCUT2D eigenvalue weighted by Crippen LogP contribution is -2.27. The molecule has 0 atom stereocenters. The lowest BCUT2D eigenvalue weighted by molar-refractivity contribution is -0.160. The Morgan fingerprint density at radius 1 is 0.606 bits per heavy atom. The first-order valence-corrected chi connectivity index (χ1v) is 10.6. The van der Waals surface area contributed by atoms with E-state index >= 15 is 0 Å². The smallest absolute Gasteiger partial charge is 0.372 e. The van der Waals surface area contributed by atoms with Gasteiger partial charge in [0.25, 0.3) is 0 Å². The van der Waals surface area contributed by atoms with Gasteiger partial charge in [-0.3, -0.25) is 9.59 Å². The van der Waals surface area contributed by atoms with Crippen molar-refractivity contribution in [3.63, 3.8) is 0 Å². The summed E-state index contributed by atoms with van der Waals surface area (Å²) in [5, 5.41) is 8.40. The van der Waals surface area contributed by atoms with Gasteiger partial charge in [0, 0.05) is 6.42 Å². The highest BCUT2D eigenvalue weighted by molar-refractivity contribution is 6.32. The Morgan fingerprint density at radius 3 is 1.45 bits per heavy atom. The molecule has 0 aliphatic carbocycles. The van der Waals surface area contributed by atoms with Crippen LogP contribution in [0.2, 0.25) is 0 Å². The maximum absolute atomic E-state index is 11.4. The molecule has 0 amide bonds. The van der Waals surface area contributed by atoms with Crippen LogP contribution in [0.15, 0.2) is 0 Å². The van der Waals surface area contributed by atoms with Gasteiger partial charge in [-0.1, -0.05) is 0 Å². The average Bonchev–Trinajstić information content (AvgIpc) is 2.72. The number of ether oxygens (including phenoxy) is 7. The van der Waals surface area contributed by atoms with Crippen LogP contribution in [0.25, 0.3) is 0 Å². The van der Waals surface area contributed by atoms with E-state index in [1.54, 1.807) is 20.8 Å². The van der Waals surface area contributed by atoms with Gasteiger partial charge >= 0.3 is 17.9 Å². The van der Waals surface area contributed by atoms with Crippen LogP contribution in [-0.2, 0) is 52.3 Å². The Hall–Kier alpha value is -2.12. The minimum Gasteiger partial charge on any atom is -0.476 e. The number of rotatable bonds is 21. The molecule has 0 aromatic carbocycles. The molecule has 0 saturated carbocycles. The zero-order valence-electron chi connectivity index (χ0n) is 19.6. The van der Waals surface area contributed by atoms with Crippen LogP contribution in [0.3, 0.4) is 0 Å². The largest absolute Gasteiger partial charge is 0.476 e. The second-order valence-electron chi connectivity index (χ2n) is 7.54. The molecule has 12 heteroatoms. The minimum atomic E-state index is -1.57. The first-order valence-electron chi connectivity index (χ1n) is 10.6. The van der Waals surface area contributed by atoms with Gasteiger partial charge in [-0.05, 0) is 20.8 Å². The number of aliphatic carboxylic acids is 1. The van der Waals surface area contributed by atoms with Crippen molar-refractivity contribution in [3.05, 3.63) is 0 Å². The predicted molar refractivity (Wildman–Crippen MR) is 113 cm³/mol. The van der Waals surface area contributed by atoms with E-state index in [0.717, 1.165) is 0 Å². The topological polar surface area (TPSA) is 153 Å². The molecule has 0 radical (unpaired) electrons. The molecule has 192 valence electrons. The van der Waals surface area contributed by atoms with Gasteiger partial charge in [0.05, 0.1) is 65.9 Å². The van der Waals surface area contributed by atoms with Crippen LogP contribution in [0.5, 0.6) is 0 Å². The average molecular weight is 481 g/mol. The third kappa shape index (κ3) is 22.9. The van der Waals surface area contributed by atoms with E-state index in [-0.39, 0.29) is 39.3 Å². The summed E-state index contributed by atoms with van der Waals surface area (Å²) in [6.45, 7) is 8.28. The second-order valence-corrected chi connectivity index (χ2v) is 7.54. The fourth-order valence-corrected chi connectivity index (χ4v) is 2.02. The first-order chi connectivity index (χ1) is 15.6. The third-order valence-electron chi connectivity index (χ3n) is 3.41. The van der Waals surface area contributed by atoms with E-state index in [1.165, 1.54) is 0 Å². The molecule has 12 nitrogen and oxygen atoms in total. The van der Waals surface area contributed by atoms with Crippen molar-refractivity contribution in [2.45, 2.75) is 39.2 Å². The van der Waals surface area contributed by atoms with Gasteiger partial charge in [-0.25, -0.2) is 9.59 Å². The number of ketones is 1. The summed E-state index contributed by atoms with van der Waals surface area (Å²) in [7, 11) is 0. The van der Waals surface area contributed by atoms with Gasteiger partial charge in [0.15, 0.2) is 0 Å². The van der Waals surface area contributed by atoms with Crippen molar-refractivity contribution in [2.24, 2.45) is 0 Å². The molecule has 0 spiro atoms. The minimum absolute atomic E-state index is 0.00918. The molecule has 0 aromatic rings. The van der Waals surface area contributed by atoms with Crippen molar-refractivity contribution in [1.82, 2.24) is 0 Å². The van der Waals surface area contributed by atoms with Crippen molar-refractivity contribution in [3.8, 4) is 0 Å². The van der Waals surface area contributed by atoms with Crippen LogP contribution in [0.1, 0.15) is 33.6 Å². The summed E-state index contributed by atoms with van der Waals surface area (Å²) in [5.74, 6) is -3.66. The van der Waals surface area contributed by atoms with Gasteiger partial charge in [-0.2, -0.15) is 0 Å². The molecule has 1 N–H and O–H groups in total. The summed E-state index contributed by atoms with van der Waals surface area (Å²) in [6.07, 6.45) is -0.664. The fraction of sp³-hybridized carbons (Fsp3) is 0.810. The number of Topliss-reactive ketones (excluding diaryl/α,β-unsaturated/α-hetero) is 1. The van der Waals surface area contributed by atoms with Crippen LogP contribution >= 0.6 is 0 Å². The SMILES string of the molecule is CC(C)(C)OC(=O)COCCOCCOCCOCCOCCOC(=O)CCC(=O)C(=O)O. The number of hydrogen-bond acceptors (Lipinski definition) is 11. The molecule has 0 saturated heterocycles. The van der Waals surface area contributed by atoms with Gasteiger partial charge in [0.1, 0.15) is 18.8 Å². The summed E-state index contributed by atoms with van der Waals surface area (Å²) in [4.78, 5) is 43.9. The van der Waals surface area contributed by atoms with E-state index in [9.17, 15) is 19.2 Å². The summed E-state index contributed by atoms with van der Waals surface area (Å²) in [5.41, 5.74) is -0.529. The van der Waals surface area contributed by atoms with E-state index in [1.807, 2.05) is 0 Å². The highest BCUT2D eigenvalue weighted by Crippen LogP contribution is 2.06. The standard InChI is InChI=1S/C21H36O12/c1-21(2,3)33-19(24)16-31-13-12-29-9-8-27-6-7-28-10-11-30-14-15-32-18(23)5-4-17(22)20(25)26/h4-16H2,1-3H3,(H,25,26). The summed E-state index contributed by atoms with van der Waals surface area (Å²) < 4.78 is 36.2. The number of hydrogen-bond donors (Lipinski definition) is 1. The second kappa shape index (κ2) is 19.4. The highest BCUT2D eigenvalue weighted by Gasteiger charge is 2.16. The van der Waals surface area contributed by atoms with Gasteiger partial charge in [0.2, 0.25) is 5.78 Å². The Balaban J connectivity index is 3.27. The molecule has 33 heavy (non-hydrogen) atoms. The predicted octanol–water partition coefficient (Wildman–Crippen LogP) is 0.388. The van der Waals surface area contributed by atoms with Crippen LogP contribution in [-0.4, -0.2) is 107 Å². The number of carbonyl (C=O) groups excluding carboxylic acids is 3. The molecule has 0 bridgehead atoms. The molecule has 0 aliphatic rings. The van der Waals surface area contributed by atoms with Crippen LogP contribution in [0.4, 0.5) is 0 Å². The van der Waals surface area contributed by atoms with Gasteiger partial charge < -0.3 is 38.3 Å². The van der Waals surface area contributed by atoms with Crippen molar-refractivity contribution in [1.29, 1.82) is 0 Å². The van der Waals surface area contributed by atoms with Crippen molar-refractivity contribution < 1.29 is 57.4 Å². The Labute approximate surface area is 193 Å². The molecule has 0 heterocycles. The van der Waals surface area contributed by atoms with E-state index in [2.05, 4.69) is 0 Å². The lowest BCUT2D eigenvalue weighted by atomic mass is 10.2.